The smallest absolute Gasteiger partial charge is 0.350 e. The minimum Gasteiger partial charge on any atom is -0.493 e. The Morgan fingerprint density at radius 3 is 2.50 bits per heavy atom. The molecule has 0 atom stereocenters. The Morgan fingerprint density at radius 2 is 1.79 bits per heavy atom. The Kier molecular flexibility index (Phi) is 4.19. The van der Waals surface area contributed by atoms with Crippen LogP contribution in [0.1, 0.15) is 5.56 Å². The molecule has 4 rings (SSSR count). The number of hydrogen-bond acceptors (Lipinski definition) is 5. The van der Waals surface area contributed by atoms with Crippen LogP contribution in [0.15, 0.2) is 51.1 Å². The lowest BCUT2D eigenvalue weighted by Gasteiger charge is -2.06. The first-order chi connectivity index (χ1) is 13.5. The van der Waals surface area contributed by atoms with Gasteiger partial charge < -0.3 is 19.4 Å². The predicted octanol–water partition coefficient (Wildman–Crippen LogP) is 2.21. The molecular formula is C19H15FN4O4. The normalized spacial score (nSPS) is 11.5. The molecule has 2 aromatic heterocycles. The van der Waals surface area contributed by atoms with Crippen LogP contribution in [0.4, 0.5) is 4.39 Å². The van der Waals surface area contributed by atoms with Gasteiger partial charge in [0.2, 0.25) is 0 Å². The van der Waals surface area contributed by atoms with Gasteiger partial charge in [0.1, 0.15) is 11.3 Å². The molecule has 0 saturated heterocycles. The summed E-state index contributed by atoms with van der Waals surface area (Å²) in [5.74, 6) is 0.498. The lowest BCUT2D eigenvalue weighted by Crippen LogP contribution is -2.32. The number of hydrogen-bond donors (Lipinski definition) is 2. The number of methoxy groups -OCH3 is 2. The van der Waals surface area contributed by atoms with Gasteiger partial charge in [-0.3, -0.25) is 4.79 Å². The monoisotopic (exact) mass is 382 g/mol. The minimum atomic E-state index is -0.721. The number of nitrogens with zero attached hydrogens (tertiary/aromatic N) is 2. The molecule has 8 nitrogen and oxygen atoms in total. The van der Waals surface area contributed by atoms with Gasteiger partial charge >= 0.3 is 11.2 Å². The van der Waals surface area contributed by atoms with Crippen molar-refractivity contribution in [3.05, 3.63) is 68.6 Å². The van der Waals surface area contributed by atoms with Gasteiger partial charge in [-0.2, -0.15) is 5.10 Å². The third-order valence-corrected chi connectivity index (χ3v) is 4.30. The SMILES string of the molecule is COc1cc2[nH]c3c(=O)n(/N=C\c4cccc(F)c4)c(=O)[nH]c3c2cc1OC. The van der Waals surface area contributed by atoms with Crippen molar-refractivity contribution in [2.75, 3.05) is 14.2 Å². The largest absolute Gasteiger partial charge is 0.493 e. The molecule has 0 saturated carbocycles. The lowest BCUT2D eigenvalue weighted by molar-refractivity contribution is 0.356. The summed E-state index contributed by atoms with van der Waals surface area (Å²) in [6.45, 7) is 0. The zero-order valence-electron chi connectivity index (χ0n) is 14.9. The van der Waals surface area contributed by atoms with Crippen molar-refractivity contribution in [2.45, 2.75) is 0 Å². The Hall–Kier alpha value is -3.88. The van der Waals surface area contributed by atoms with Crippen molar-refractivity contribution in [3.8, 4) is 11.5 Å². The van der Waals surface area contributed by atoms with Gasteiger partial charge in [0, 0.05) is 11.5 Å². The summed E-state index contributed by atoms with van der Waals surface area (Å²) in [5.41, 5.74) is 0.149. The van der Waals surface area contributed by atoms with Gasteiger partial charge in [-0.05, 0) is 23.8 Å². The van der Waals surface area contributed by atoms with Crippen LogP contribution in [-0.2, 0) is 0 Å². The Morgan fingerprint density at radius 1 is 1.04 bits per heavy atom. The Balaban J connectivity index is 1.92. The molecule has 0 amide bonds. The summed E-state index contributed by atoms with van der Waals surface area (Å²) in [5, 5.41) is 4.50. The van der Waals surface area contributed by atoms with E-state index in [-0.39, 0.29) is 5.52 Å². The first-order valence-corrected chi connectivity index (χ1v) is 8.24. The van der Waals surface area contributed by atoms with Crippen molar-refractivity contribution < 1.29 is 13.9 Å². The molecular weight excluding hydrogens is 367 g/mol. The van der Waals surface area contributed by atoms with Gasteiger partial charge in [-0.25, -0.2) is 9.18 Å². The van der Waals surface area contributed by atoms with Gasteiger partial charge in [0.15, 0.2) is 11.5 Å². The van der Waals surface area contributed by atoms with E-state index in [0.29, 0.717) is 38.2 Å². The molecule has 0 fully saturated rings. The summed E-state index contributed by atoms with van der Waals surface area (Å²) in [4.78, 5) is 30.8. The molecule has 2 aromatic carbocycles. The Bertz CT molecular complexity index is 1350. The van der Waals surface area contributed by atoms with E-state index >= 15 is 0 Å². The maximum absolute atomic E-state index is 13.3. The molecule has 0 spiro atoms. The third-order valence-electron chi connectivity index (χ3n) is 4.30. The first-order valence-electron chi connectivity index (χ1n) is 8.24. The molecule has 0 aliphatic heterocycles. The van der Waals surface area contributed by atoms with Crippen LogP contribution in [0.25, 0.3) is 21.9 Å². The summed E-state index contributed by atoms with van der Waals surface area (Å²) >= 11 is 0. The van der Waals surface area contributed by atoms with Gasteiger partial charge in [0.25, 0.3) is 0 Å². The molecule has 0 bridgehead atoms. The van der Waals surface area contributed by atoms with E-state index in [1.807, 2.05) is 0 Å². The molecule has 0 aliphatic rings. The molecule has 0 unspecified atom stereocenters. The van der Waals surface area contributed by atoms with E-state index in [4.69, 9.17) is 9.47 Å². The van der Waals surface area contributed by atoms with Gasteiger partial charge in [-0.1, -0.05) is 12.1 Å². The quantitative estimate of drug-likeness (QED) is 0.529. The number of aromatic nitrogens is 3. The maximum Gasteiger partial charge on any atom is 0.350 e. The number of ether oxygens (including phenoxy) is 2. The zero-order valence-corrected chi connectivity index (χ0v) is 14.9. The number of benzene rings is 2. The average Bonchev–Trinajstić information content (AvgIpc) is 3.04. The van der Waals surface area contributed by atoms with Gasteiger partial charge in [-0.15, -0.1) is 4.68 Å². The molecule has 4 aromatic rings. The summed E-state index contributed by atoms with van der Waals surface area (Å²) in [7, 11) is 3.00. The van der Waals surface area contributed by atoms with Crippen LogP contribution >= 0.6 is 0 Å². The van der Waals surface area contributed by atoms with Crippen LogP contribution in [0.5, 0.6) is 11.5 Å². The van der Waals surface area contributed by atoms with E-state index in [1.165, 1.54) is 38.6 Å². The second kappa shape index (κ2) is 6.69. The topological polar surface area (TPSA) is 101 Å². The molecule has 28 heavy (non-hydrogen) atoms. The third kappa shape index (κ3) is 2.82. The number of rotatable bonds is 4. The van der Waals surface area contributed by atoms with Crippen LogP contribution in [-0.4, -0.2) is 35.1 Å². The van der Waals surface area contributed by atoms with E-state index in [2.05, 4.69) is 15.1 Å². The first kappa shape index (κ1) is 17.5. The summed E-state index contributed by atoms with van der Waals surface area (Å²) < 4.78 is 24.5. The fourth-order valence-electron chi connectivity index (χ4n) is 2.99. The highest BCUT2D eigenvalue weighted by molar-refractivity contribution is 6.05. The highest BCUT2D eigenvalue weighted by Gasteiger charge is 2.15. The number of nitrogens with one attached hydrogen (secondary N) is 2. The Labute approximate surface area is 156 Å². The summed E-state index contributed by atoms with van der Waals surface area (Å²) in [6.07, 6.45) is 1.24. The molecule has 2 heterocycles. The van der Waals surface area contributed by atoms with E-state index in [9.17, 15) is 14.0 Å². The highest BCUT2D eigenvalue weighted by Crippen LogP contribution is 2.34. The minimum absolute atomic E-state index is 0.168. The second-order valence-corrected chi connectivity index (χ2v) is 5.97. The molecule has 0 radical (unpaired) electrons. The fraction of sp³-hybridized carbons (Fsp3) is 0.105. The number of fused-ring (bicyclic) bond motifs is 3. The lowest BCUT2D eigenvalue weighted by atomic mass is 10.2. The van der Waals surface area contributed by atoms with E-state index in [1.54, 1.807) is 18.2 Å². The van der Waals surface area contributed by atoms with Crippen molar-refractivity contribution in [1.82, 2.24) is 14.6 Å². The van der Waals surface area contributed by atoms with Crippen LogP contribution in [0, 0.1) is 5.82 Å². The average molecular weight is 382 g/mol. The molecule has 0 aliphatic carbocycles. The number of aromatic amines is 2. The van der Waals surface area contributed by atoms with E-state index in [0.717, 1.165) is 0 Å². The molecule has 9 heteroatoms. The molecule has 2 N–H and O–H groups in total. The highest BCUT2D eigenvalue weighted by atomic mass is 19.1. The van der Waals surface area contributed by atoms with Crippen molar-refractivity contribution in [2.24, 2.45) is 5.10 Å². The van der Waals surface area contributed by atoms with Crippen LogP contribution in [0.3, 0.4) is 0 Å². The van der Waals surface area contributed by atoms with Crippen molar-refractivity contribution in [3.63, 3.8) is 0 Å². The van der Waals surface area contributed by atoms with Gasteiger partial charge in [0.05, 0.1) is 31.5 Å². The number of halogens is 1. The van der Waals surface area contributed by atoms with Crippen LogP contribution in [0.2, 0.25) is 0 Å². The fourth-order valence-corrected chi connectivity index (χ4v) is 2.99. The van der Waals surface area contributed by atoms with E-state index < -0.39 is 17.1 Å². The van der Waals surface area contributed by atoms with Crippen LogP contribution < -0.4 is 20.7 Å². The van der Waals surface area contributed by atoms with Crippen molar-refractivity contribution in [1.29, 1.82) is 0 Å². The maximum atomic E-state index is 13.3. The molecule has 142 valence electrons. The predicted molar refractivity (Wildman–Crippen MR) is 103 cm³/mol. The zero-order chi connectivity index (χ0) is 19.8. The van der Waals surface area contributed by atoms with Crippen molar-refractivity contribution >= 4 is 28.2 Å². The standard InChI is InChI=1S/C19H15FN4O4/c1-27-14-7-12-13(8-15(14)28-2)22-17-16(12)23-19(26)24(18(17)25)21-9-10-4-3-5-11(20)6-10/h3-9,22H,1-2H3,(H,23,26)/b21-9-. The summed E-state index contributed by atoms with van der Waals surface area (Å²) in [6, 6.07) is 8.98. The number of H-pyrrole nitrogens is 2. The second-order valence-electron chi connectivity index (χ2n) is 5.97.